The van der Waals surface area contributed by atoms with E-state index in [9.17, 15) is 8.42 Å². The summed E-state index contributed by atoms with van der Waals surface area (Å²) >= 11 is 4.30. The van der Waals surface area contributed by atoms with Gasteiger partial charge >= 0.3 is 0 Å². The molecule has 1 unspecified atom stereocenters. The van der Waals surface area contributed by atoms with Gasteiger partial charge in [-0.1, -0.05) is 25.5 Å². The second kappa shape index (κ2) is 5.96. The topological polar surface area (TPSA) is 49.7 Å². The Morgan fingerprint density at radius 1 is 1.37 bits per heavy atom. The lowest BCUT2D eigenvalue weighted by molar-refractivity contribution is 0.434. The Labute approximate surface area is 120 Å². The minimum Gasteiger partial charge on any atom is -0.256 e. The van der Waals surface area contributed by atoms with Crippen LogP contribution in [0.15, 0.2) is 34.2 Å². The van der Waals surface area contributed by atoms with Crippen molar-refractivity contribution in [2.75, 3.05) is 12.3 Å². The number of para-hydroxylation sites is 1. The van der Waals surface area contributed by atoms with Crippen LogP contribution in [-0.2, 0) is 10.0 Å². The van der Waals surface area contributed by atoms with Crippen LogP contribution in [-0.4, -0.2) is 31.4 Å². The molecule has 0 spiro atoms. The highest BCUT2D eigenvalue weighted by atomic mass is 32.2. The van der Waals surface area contributed by atoms with Crippen LogP contribution in [0.2, 0.25) is 0 Å². The SMILES string of the molecule is CCCC(CS)CN1C=Nc2ccccc2S1(=O)=O. The van der Waals surface area contributed by atoms with Gasteiger partial charge in [0, 0.05) is 6.54 Å². The molecule has 1 heterocycles. The van der Waals surface area contributed by atoms with Gasteiger partial charge in [-0.3, -0.25) is 4.31 Å². The molecule has 0 saturated heterocycles. The molecule has 0 amide bonds. The summed E-state index contributed by atoms with van der Waals surface area (Å²) in [5.74, 6) is 0.926. The third kappa shape index (κ3) is 2.95. The smallest absolute Gasteiger partial charge is 0.256 e. The zero-order valence-electron chi connectivity index (χ0n) is 10.9. The van der Waals surface area contributed by atoms with E-state index < -0.39 is 10.0 Å². The van der Waals surface area contributed by atoms with Gasteiger partial charge in [0.25, 0.3) is 10.0 Å². The molecule has 4 nitrogen and oxygen atoms in total. The Bertz CT molecular complexity index is 570. The maximum Gasteiger partial charge on any atom is 0.267 e. The van der Waals surface area contributed by atoms with E-state index in [2.05, 4.69) is 24.5 Å². The number of rotatable bonds is 5. The first-order chi connectivity index (χ1) is 9.09. The van der Waals surface area contributed by atoms with Gasteiger partial charge < -0.3 is 0 Å². The predicted molar refractivity (Wildman–Crippen MR) is 80.7 cm³/mol. The van der Waals surface area contributed by atoms with E-state index in [-0.39, 0.29) is 10.8 Å². The number of thiol groups is 1. The number of sulfonamides is 1. The molecule has 1 aromatic rings. The Kier molecular flexibility index (Phi) is 4.52. The average Bonchev–Trinajstić information content (AvgIpc) is 2.41. The first-order valence-electron chi connectivity index (χ1n) is 6.35. The van der Waals surface area contributed by atoms with Crippen molar-refractivity contribution >= 4 is 34.7 Å². The number of hydrogen-bond acceptors (Lipinski definition) is 4. The van der Waals surface area contributed by atoms with E-state index in [4.69, 9.17) is 0 Å². The standard InChI is InChI=1S/C13H18N2O2S2/c1-2-5-11(9-18)8-15-10-14-12-6-3-4-7-13(12)19(15,16)17/h3-4,6-7,10-11,18H,2,5,8-9H2,1H3. The molecular weight excluding hydrogens is 280 g/mol. The van der Waals surface area contributed by atoms with Gasteiger partial charge in [-0.2, -0.15) is 12.6 Å². The molecule has 0 radical (unpaired) electrons. The summed E-state index contributed by atoms with van der Waals surface area (Å²) in [6, 6.07) is 6.82. The van der Waals surface area contributed by atoms with E-state index in [0.717, 1.165) is 12.8 Å². The molecule has 0 bridgehead atoms. The maximum absolute atomic E-state index is 12.5. The van der Waals surface area contributed by atoms with Crippen molar-refractivity contribution in [3.8, 4) is 0 Å². The third-order valence-corrected chi connectivity index (χ3v) is 5.45. The molecule has 1 atom stereocenters. The van der Waals surface area contributed by atoms with E-state index >= 15 is 0 Å². The van der Waals surface area contributed by atoms with Gasteiger partial charge in [0.1, 0.15) is 11.2 Å². The van der Waals surface area contributed by atoms with Gasteiger partial charge in [-0.05, 0) is 30.2 Å². The summed E-state index contributed by atoms with van der Waals surface area (Å²) in [6.45, 7) is 2.53. The molecule has 19 heavy (non-hydrogen) atoms. The summed E-state index contributed by atoms with van der Waals surface area (Å²) in [4.78, 5) is 4.50. The minimum absolute atomic E-state index is 0.250. The average molecular weight is 298 g/mol. The molecule has 6 heteroatoms. The lowest BCUT2D eigenvalue weighted by Gasteiger charge is -2.27. The monoisotopic (exact) mass is 298 g/mol. The lowest BCUT2D eigenvalue weighted by Crippen LogP contribution is -2.36. The largest absolute Gasteiger partial charge is 0.267 e. The van der Waals surface area contributed by atoms with Crippen molar-refractivity contribution in [1.82, 2.24) is 4.31 Å². The summed E-state index contributed by atoms with van der Waals surface area (Å²) in [7, 11) is -3.46. The molecular formula is C13H18N2O2S2. The Balaban J connectivity index is 2.26. The van der Waals surface area contributed by atoms with Crippen LogP contribution in [0.4, 0.5) is 5.69 Å². The molecule has 0 aliphatic carbocycles. The van der Waals surface area contributed by atoms with Crippen molar-refractivity contribution in [3.05, 3.63) is 24.3 Å². The summed E-state index contributed by atoms with van der Waals surface area (Å²) in [6.07, 6.45) is 3.40. The summed E-state index contributed by atoms with van der Waals surface area (Å²) < 4.78 is 26.3. The van der Waals surface area contributed by atoms with E-state index in [0.29, 0.717) is 18.0 Å². The normalized spacial score (nSPS) is 18.1. The third-order valence-electron chi connectivity index (χ3n) is 3.17. The van der Waals surface area contributed by atoms with Gasteiger partial charge in [0.05, 0.1) is 5.69 Å². The summed E-state index contributed by atoms with van der Waals surface area (Å²) in [5.41, 5.74) is 0.511. The van der Waals surface area contributed by atoms with E-state index in [1.54, 1.807) is 24.3 Å². The predicted octanol–water partition coefficient (Wildman–Crippen LogP) is 2.70. The van der Waals surface area contributed by atoms with Crippen LogP contribution >= 0.6 is 12.6 Å². The van der Waals surface area contributed by atoms with Crippen molar-refractivity contribution in [2.45, 2.75) is 24.7 Å². The number of benzene rings is 1. The minimum atomic E-state index is -3.46. The zero-order valence-corrected chi connectivity index (χ0v) is 12.6. The molecule has 0 fully saturated rings. The van der Waals surface area contributed by atoms with Crippen molar-refractivity contribution < 1.29 is 8.42 Å². The quantitative estimate of drug-likeness (QED) is 0.850. The highest BCUT2D eigenvalue weighted by molar-refractivity contribution is 7.89. The fourth-order valence-electron chi connectivity index (χ4n) is 2.15. The number of hydrogen-bond donors (Lipinski definition) is 1. The highest BCUT2D eigenvalue weighted by Gasteiger charge is 2.29. The van der Waals surface area contributed by atoms with Crippen molar-refractivity contribution in [3.63, 3.8) is 0 Å². The second-order valence-corrected chi connectivity index (χ2v) is 6.85. The molecule has 0 saturated carbocycles. The molecule has 1 aromatic carbocycles. The Hall–Kier alpha value is -1.01. The van der Waals surface area contributed by atoms with E-state index in [1.807, 2.05) is 0 Å². The fourth-order valence-corrected chi connectivity index (χ4v) is 3.91. The number of nitrogens with zero attached hydrogens (tertiary/aromatic N) is 2. The Morgan fingerprint density at radius 2 is 2.11 bits per heavy atom. The van der Waals surface area contributed by atoms with Gasteiger partial charge in [0.15, 0.2) is 0 Å². The van der Waals surface area contributed by atoms with Crippen LogP contribution in [0.5, 0.6) is 0 Å². The molecule has 1 aliphatic rings. The van der Waals surface area contributed by atoms with Crippen LogP contribution in [0.1, 0.15) is 19.8 Å². The first kappa shape index (κ1) is 14.4. The van der Waals surface area contributed by atoms with Gasteiger partial charge in [-0.25, -0.2) is 13.4 Å². The molecule has 104 valence electrons. The van der Waals surface area contributed by atoms with Crippen molar-refractivity contribution in [1.29, 1.82) is 0 Å². The fraction of sp³-hybridized carbons (Fsp3) is 0.462. The van der Waals surface area contributed by atoms with Gasteiger partial charge in [0.2, 0.25) is 0 Å². The van der Waals surface area contributed by atoms with E-state index in [1.165, 1.54) is 10.6 Å². The lowest BCUT2D eigenvalue weighted by atomic mass is 10.1. The molecule has 0 N–H and O–H groups in total. The number of fused-ring (bicyclic) bond motifs is 1. The van der Waals surface area contributed by atoms with Crippen LogP contribution < -0.4 is 0 Å². The van der Waals surface area contributed by atoms with Crippen LogP contribution in [0, 0.1) is 5.92 Å². The molecule has 2 rings (SSSR count). The van der Waals surface area contributed by atoms with Crippen LogP contribution in [0.25, 0.3) is 0 Å². The molecule has 1 aliphatic heterocycles. The van der Waals surface area contributed by atoms with Gasteiger partial charge in [-0.15, -0.1) is 0 Å². The highest BCUT2D eigenvalue weighted by Crippen LogP contribution is 2.30. The van der Waals surface area contributed by atoms with Crippen molar-refractivity contribution in [2.24, 2.45) is 10.9 Å². The first-order valence-corrected chi connectivity index (χ1v) is 8.42. The zero-order chi connectivity index (χ0) is 13.9. The Morgan fingerprint density at radius 3 is 2.79 bits per heavy atom. The van der Waals surface area contributed by atoms with Crippen LogP contribution in [0.3, 0.4) is 0 Å². The number of aliphatic imine (C=N–C) groups is 1. The second-order valence-electron chi connectivity index (χ2n) is 4.62. The summed E-state index contributed by atoms with van der Waals surface area (Å²) in [5, 5.41) is 0. The molecule has 0 aromatic heterocycles. The maximum atomic E-state index is 12.5.